The van der Waals surface area contributed by atoms with Crippen molar-refractivity contribution >= 4 is 46.4 Å². The lowest BCUT2D eigenvalue weighted by atomic mass is 9.98. The van der Waals surface area contributed by atoms with E-state index >= 15 is 0 Å². The number of nitrogens with one attached hydrogen (secondary N) is 4. The summed E-state index contributed by atoms with van der Waals surface area (Å²) in [5.41, 5.74) is 8.73. The van der Waals surface area contributed by atoms with Crippen molar-refractivity contribution in [3.8, 4) is 0 Å². The molecular weight excluding hydrogens is 554 g/mol. The molecule has 0 saturated carbocycles. The molecule has 3 aromatic rings. The number of para-hydroxylation sites is 1. The van der Waals surface area contributed by atoms with Gasteiger partial charge in [-0.1, -0.05) is 68.8 Å². The zero-order valence-electron chi connectivity index (χ0n) is 24.3. The van der Waals surface area contributed by atoms with Crippen molar-refractivity contribution in [1.82, 2.24) is 20.9 Å². The molecule has 3 amide bonds. The monoisotopic (exact) mass is 595 g/mol. The second-order valence-electron chi connectivity index (χ2n) is 10.5. The number of fused-ring (bicyclic) bond motifs is 1. The van der Waals surface area contributed by atoms with Gasteiger partial charge in [-0.25, -0.2) is 4.79 Å². The van der Waals surface area contributed by atoms with Gasteiger partial charge in [-0.05, 0) is 48.0 Å². The molecule has 0 fully saturated rings. The van der Waals surface area contributed by atoms with Gasteiger partial charge in [0.1, 0.15) is 18.1 Å². The summed E-state index contributed by atoms with van der Waals surface area (Å²) in [7, 11) is 0. The van der Waals surface area contributed by atoms with Gasteiger partial charge in [0.2, 0.25) is 17.7 Å². The van der Waals surface area contributed by atoms with Crippen molar-refractivity contribution in [2.45, 2.75) is 63.7 Å². The highest BCUT2D eigenvalue weighted by Crippen LogP contribution is 2.20. The molecule has 10 nitrogen and oxygen atoms in total. The van der Waals surface area contributed by atoms with Crippen LogP contribution < -0.4 is 21.7 Å². The Labute approximate surface area is 250 Å². The maximum atomic E-state index is 13.6. The van der Waals surface area contributed by atoms with Crippen LogP contribution in [0.3, 0.4) is 0 Å². The van der Waals surface area contributed by atoms with Crippen LogP contribution in [0.25, 0.3) is 10.9 Å². The highest BCUT2D eigenvalue weighted by Gasteiger charge is 2.32. The third-order valence-corrected chi connectivity index (χ3v) is 8.03. The Balaban J connectivity index is 1.82. The van der Waals surface area contributed by atoms with Crippen molar-refractivity contribution in [2.24, 2.45) is 11.7 Å². The quantitative estimate of drug-likeness (QED) is 0.148. The number of carbonyl (C=O) groups is 4. The summed E-state index contributed by atoms with van der Waals surface area (Å²) < 4.78 is 0. The van der Waals surface area contributed by atoms with Crippen LogP contribution in [0.1, 0.15) is 37.8 Å². The first-order valence-electron chi connectivity index (χ1n) is 14.1. The predicted molar refractivity (Wildman–Crippen MR) is 166 cm³/mol. The maximum absolute atomic E-state index is 13.6. The summed E-state index contributed by atoms with van der Waals surface area (Å²) in [5, 5.41) is 18.8. The maximum Gasteiger partial charge on any atom is 0.326 e. The van der Waals surface area contributed by atoms with Gasteiger partial charge in [0.05, 0.1) is 6.04 Å². The molecule has 42 heavy (non-hydrogen) atoms. The number of hydrogen-bond acceptors (Lipinski definition) is 6. The smallest absolute Gasteiger partial charge is 0.326 e. The highest BCUT2D eigenvalue weighted by molar-refractivity contribution is 7.98. The van der Waals surface area contributed by atoms with Crippen LogP contribution in [0.15, 0.2) is 60.8 Å². The first kappa shape index (κ1) is 32.7. The minimum atomic E-state index is -1.15. The number of carboxylic acids is 1. The number of amides is 3. The average Bonchev–Trinajstić information content (AvgIpc) is 3.39. The summed E-state index contributed by atoms with van der Waals surface area (Å²) in [6, 6.07) is 12.9. The van der Waals surface area contributed by atoms with E-state index in [-0.39, 0.29) is 12.3 Å². The number of aliphatic carboxylic acids is 1. The van der Waals surface area contributed by atoms with Crippen molar-refractivity contribution in [3.05, 3.63) is 71.9 Å². The minimum Gasteiger partial charge on any atom is -0.480 e. The summed E-state index contributed by atoms with van der Waals surface area (Å²) in [6.07, 6.45) is 4.96. The lowest BCUT2D eigenvalue weighted by Crippen LogP contribution is -2.58. The third-order valence-electron chi connectivity index (χ3n) is 7.39. The van der Waals surface area contributed by atoms with E-state index in [9.17, 15) is 24.3 Å². The molecule has 0 aliphatic heterocycles. The van der Waals surface area contributed by atoms with Gasteiger partial charge in [0, 0.05) is 23.5 Å². The van der Waals surface area contributed by atoms with Crippen LogP contribution in [0.5, 0.6) is 0 Å². The first-order valence-corrected chi connectivity index (χ1v) is 15.5. The molecule has 5 unspecified atom stereocenters. The number of carboxylic acid groups (broad SMARTS) is 1. The van der Waals surface area contributed by atoms with E-state index in [4.69, 9.17) is 5.73 Å². The van der Waals surface area contributed by atoms with E-state index < -0.39 is 47.9 Å². The van der Waals surface area contributed by atoms with Gasteiger partial charge in [-0.3, -0.25) is 14.4 Å². The molecule has 11 heteroatoms. The summed E-state index contributed by atoms with van der Waals surface area (Å²) >= 11 is 1.52. The molecule has 0 radical (unpaired) electrons. The Morgan fingerprint density at radius 3 is 2.21 bits per heavy atom. The molecule has 0 saturated heterocycles. The number of benzene rings is 2. The van der Waals surface area contributed by atoms with Crippen LogP contribution in [-0.4, -0.2) is 70.0 Å². The van der Waals surface area contributed by atoms with Crippen LogP contribution in [0, 0.1) is 5.92 Å². The highest BCUT2D eigenvalue weighted by atomic mass is 32.2. The van der Waals surface area contributed by atoms with Crippen LogP contribution >= 0.6 is 11.8 Å². The fraction of sp³-hybridized carbons (Fsp3) is 0.419. The fourth-order valence-corrected chi connectivity index (χ4v) is 5.15. The zero-order chi connectivity index (χ0) is 30.6. The predicted octanol–water partition coefficient (Wildman–Crippen LogP) is 2.62. The average molecular weight is 596 g/mol. The second kappa shape index (κ2) is 16.0. The van der Waals surface area contributed by atoms with E-state index in [1.807, 2.05) is 67.8 Å². The third kappa shape index (κ3) is 9.09. The molecule has 3 rings (SSSR count). The molecule has 0 aliphatic rings. The van der Waals surface area contributed by atoms with Crippen molar-refractivity contribution in [2.75, 3.05) is 12.0 Å². The fourth-order valence-electron chi connectivity index (χ4n) is 4.68. The standard InChI is InChI=1S/C31H41N5O5S/c1-4-19(2)27(31(40)41)36-30(39)26(17-21-18-33-24-13-9-8-12-22(21)24)35-29(38)25(14-15-42-3)34-28(37)23(32)16-20-10-6-5-7-11-20/h5-13,18-19,23,25-27,33H,4,14-17,32H2,1-3H3,(H,34,37)(H,35,38)(H,36,39)(H,40,41). The van der Waals surface area contributed by atoms with Gasteiger partial charge in [0.15, 0.2) is 0 Å². The number of H-pyrrole nitrogens is 1. The molecule has 0 aliphatic carbocycles. The van der Waals surface area contributed by atoms with Crippen molar-refractivity contribution in [3.63, 3.8) is 0 Å². The Morgan fingerprint density at radius 2 is 1.55 bits per heavy atom. The number of nitrogens with two attached hydrogens (primary N) is 1. The summed E-state index contributed by atoms with van der Waals surface area (Å²) in [4.78, 5) is 55.3. The summed E-state index contributed by atoms with van der Waals surface area (Å²) in [5.74, 6) is -2.51. The van der Waals surface area contributed by atoms with Gasteiger partial charge < -0.3 is 31.8 Å². The van der Waals surface area contributed by atoms with Crippen molar-refractivity contribution < 1.29 is 24.3 Å². The second-order valence-corrected chi connectivity index (χ2v) is 11.5. The molecule has 1 aromatic heterocycles. The summed E-state index contributed by atoms with van der Waals surface area (Å²) in [6.45, 7) is 3.60. The first-order chi connectivity index (χ1) is 20.1. The van der Waals surface area contributed by atoms with E-state index in [0.717, 1.165) is 22.0 Å². The van der Waals surface area contributed by atoms with Crippen LogP contribution in [0.4, 0.5) is 0 Å². The lowest BCUT2D eigenvalue weighted by Gasteiger charge is -2.26. The van der Waals surface area contributed by atoms with Gasteiger partial charge in [0.25, 0.3) is 0 Å². The molecule has 0 spiro atoms. The molecule has 5 atom stereocenters. The van der Waals surface area contributed by atoms with Crippen LogP contribution in [-0.2, 0) is 32.0 Å². The Morgan fingerprint density at radius 1 is 0.905 bits per heavy atom. The largest absolute Gasteiger partial charge is 0.480 e. The van der Waals surface area contributed by atoms with Gasteiger partial charge in [-0.15, -0.1) is 0 Å². The number of aromatic nitrogens is 1. The van der Waals surface area contributed by atoms with Gasteiger partial charge >= 0.3 is 5.97 Å². The minimum absolute atomic E-state index is 0.116. The number of aromatic amines is 1. The Bertz CT molecular complexity index is 1350. The Kier molecular flexibility index (Phi) is 12.4. The van der Waals surface area contributed by atoms with Gasteiger partial charge in [-0.2, -0.15) is 11.8 Å². The van der Waals surface area contributed by atoms with Crippen LogP contribution in [0.2, 0.25) is 0 Å². The normalized spacial score (nSPS) is 14.8. The number of rotatable bonds is 16. The number of hydrogen-bond donors (Lipinski definition) is 6. The molecule has 7 N–H and O–H groups in total. The number of carbonyl (C=O) groups excluding carboxylic acids is 3. The molecular formula is C31H41N5O5S. The molecule has 0 bridgehead atoms. The van der Waals surface area contributed by atoms with E-state index in [2.05, 4.69) is 20.9 Å². The Hall–Kier alpha value is -3.83. The van der Waals surface area contributed by atoms with E-state index in [0.29, 0.717) is 25.0 Å². The topological polar surface area (TPSA) is 166 Å². The van der Waals surface area contributed by atoms with Crippen molar-refractivity contribution in [1.29, 1.82) is 0 Å². The lowest BCUT2D eigenvalue weighted by molar-refractivity contribution is -0.143. The molecule has 2 aromatic carbocycles. The zero-order valence-corrected chi connectivity index (χ0v) is 25.1. The number of thioether (sulfide) groups is 1. The van der Waals surface area contributed by atoms with E-state index in [1.165, 1.54) is 11.8 Å². The van der Waals surface area contributed by atoms with E-state index in [1.54, 1.807) is 13.1 Å². The molecule has 1 heterocycles. The molecule has 226 valence electrons. The SMILES string of the molecule is CCC(C)C(NC(=O)C(Cc1c[nH]c2ccccc12)NC(=O)C(CCSC)NC(=O)C(N)Cc1ccccc1)C(=O)O.